The van der Waals surface area contributed by atoms with Crippen molar-refractivity contribution in [3.05, 3.63) is 29.3 Å². The van der Waals surface area contributed by atoms with Gasteiger partial charge < -0.3 is 10.1 Å². The highest BCUT2D eigenvalue weighted by Crippen LogP contribution is 2.05. The van der Waals surface area contributed by atoms with Crippen molar-refractivity contribution in [2.24, 2.45) is 0 Å². The predicted octanol–water partition coefficient (Wildman–Crippen LogP) is 0.432. The largest absolute Gasteiger partial charge is 0.468 e. The number of carbonyl (C=O) groups is 2. The first-order valence-corrected chi connectivity index (χ1v) is 4.52. The molecule has 0 unspecified atom stereocenters. The van der Waals surface area contributed by atoms with Crippen molar-refractivity contribution < 1.29 is 18.7 Å². The maximum atomic E-state index is 12.7. The topological polar surface area (TPSA) is 68.3 Å². The summed E-state index contributed by atoms with van der Waals surface area (Å²) in [7, 11) is 1.22. The number of aromatic nitrogens is 1. The van der Waals surface area contributed by atoms with Gasteiger partial charge in [-0.15, -0.1) is 0 Å². The van der Waals surface area contributed by atoms with Crippen LogP contribution < -0.4 is 5.32 Å². The Labute approximate surface area is 91.6 Å². The molecule has 16 heavy (non-hydrogen) atoms. The molecule has 1 rings (SSSR count). The van der Waals surface area contributed by atoms with Crippen LogP contribution in [-0.2, 0) is 9.53 Å². The van der Waals surface area contributed by atoms with Crippen LogP contribution in [0.4, 0.5) is 4.39 Å². The Morgan fingerprint density at radius 3 is 2.75 bits per heavy atom. The van der Waals surface area contributed by atoms with E-state index in [1.54, 1.807) is 0 Å². The summed E-state index contributed by atoms with van der Waals surface area (Å²) in [5.41, 5.74) is 0.493. The average Bonchev–Trinajstić information content (AvgIpc) is 2.25. The Bertz CT molecular complexity index is 421. The number of ether oxygens (including phenoxy) is 1. The van der Waals surface area contributed by atoms with Crippen LogP contribution in [0.2, 0.25) is 0 Å². The zero-order chi connectivity index (χ0) is 12.1. The number of hydrogen-bond acceptors (Lipinski definition) is 4. The minimum atomic E-state index is -0.651. The van der Waals surface area contributed by atoms with E-state index in [4.69, 9.17) is 0 Å². The number of rotatable bonds is 3. The van der Waals surface area contributed by atoms with Crippen molar-refractivity contribution in [1.82, 2.24) is 10.3 Å². The molecule has 1 heterocycles. The van der Waals surface area contributed by atoms with Crippen LogP contribution in [0, 0.1) is 12.9 Å². The van der Waals surface area contributed by atoms with Crippen molar-refractivity contribution in [3.63, 3.8) is 0 Å². The normalized spacial score (nSPS) is 9.69. The van der Waals surface area contributed by atoms with Gasteiger partial charge in [-0.3, -0.25) is 9.59 Å². The van der Waals surface area contributed by atoms with Crippen LogP contribution in [0.15, 0.2) is 12.1 Å². The molecule has 0 aliphatic carbocycles. The minimum absolute atomic E-state index is 0.227. The summed E-state index contributed by atoms with van der Waals surface area (Å²) in [5, 5.41) is 2.33. The lowest BCUT2D eigenvalue weighted by Crippen LogP contribution is -2.30. The molecule has 5 nitrogen and oxygen atoms in total. The summed E-state index contributed by atoms with van der Waals surface area (Å²) < 4.78 is 17.0. The zero-order valence-corrected chi connectivity index (χ0v) is 8.91. The zero-order valence-electron chi connectivity index (χ0n) is 8.91. The monoisotopic (exact) mass is 226 g/mol. The van der Waals surface area contributed by atoms with Crippen LogP contribution in [0.5, 0.6) is 0 Å². The van der Waals surface area contributed by atoms with Gasteiger partial charge in [-0.1, -0.05) is 0 Å². The number of carbonyl (C=O) groups excluding carboxylic acids is 2. The van der Waals surface area contributed by atoms with Gasteiger partial charge in [0, 0.05) is 0 Å². The fraction of sp³-hybridized carbons (Fsp3) is 0.300. The molecule has 0 saturated carbocycles. The second-order valence-electron chi connectivity index (χ2n) is 3.03. The third kappa shape index (κ3) is 3.01. The van der Waals surface area contributed by atoms with Crippen molar-refractivity contribution in [3.8, 4) is 0 Å². The first-order chi connectivity index (χ1) is 7.54. The maximum absolute atomic E-state index is 12.7. The molecule has 0 fully saturated rings. The van der Waals surface area contributed by atoms with Crippen molar-refractivity contribution in [2.75, 3.05) is 13.7 Å². The highest BCUT2D eigenvalue weighted by atomic mass is 19.1. The highest BCUT2D eigenvalue weighted by molar-refractivity contribution is 5.96. The van der Waals surface area contributed by atoms with Gasteiger partial charge in [0.1, 0.15) is 6.54 Å². The smallest absolute Gasteiger partial charge is 0.325 e. The summed E-state index contributed by atoms with van der Waals surface area (Å²) in [5.74, 6) is -1.70. The van der Waals surface area contributed by atoms with E-state index in [2.05, 4.69) is 15.0 Å². The molecule has 0 aromatic carbocycles. The lowest BCUT2D eigenvalue weighted by atomic mass is 10.2. The summed E-state index contributed by atoms with van der Waals surface area (Å²) in [4.78, 5) is 25.8. The van der Waals surface area contributed by atoms with Crippen molar-refractivity contribution >= 4 is 11.9 Å². The molecule has 6 heteroatoms. The van der Waals surface area contributed by atoms with Crippen molar-refractivity contribution in [1.29, 1.82) is 0 Å². The number of nitrogens with zero attached hydrogens (tertiary/aromatic N) is 1. The lowest BCUT2D eigenvalue weighted by molar-refractivity contribution is -0.139. The molecular formula is C10H11FN2O3. The molecule has 1 aromatic rings. The van der Waals surface area contributed by atoms with E-state index in [1.807, 2.05) is 0 Å². The minimum Gasteiger partial charge on any atom is -0.468 e. The Hall–Kier alpha value is -1.98. The van der Waals surface area contributed by atoms with Gasteiger partial charge in [0.05, 0.1) is 18.4 Å². The summed E-state index contributed by atoms with van der Waals surface area (Å²) >= 11 is 0. The SMILES string of the molecule is COC(=O)CNC(=O)c1ccc(F)nc1C. The number of amides is 1. The Morgan fingerprint density at radius 1 is 1.50 bits per heavy atom. The van der Waals surface area contributed by atoms with Gasteiger partial charge in [0.2, 0.25) is 5.95 Å². The van der Waals surface area contributed by atoms with E-state index in [9.17, 15) is 14.0 Å². The molecule has 1 N–H and O–H groups in total. The number of aryl methyl sites for hydroxylation is 1. The number of pyridine rings is 1. The fourth-order valence-corrected chi connectivity index (χ4v) is 1.09. The van der Waals surface area contributed by atoms with Gasteiger partial charge in [-0.25, -0.2) is 4.98 Å². The van der Waals surface area contributed by atoms with Crippen LogP contribution in [0.25, 0.3) is 0 Å². The second-order valence-corrected chi connectivity index (χ2v) is 3.03. The van der Waals surface area contributed by atoms with E-state index in [-0.39, 0.29) is 17.8 Å². The van der Waals surface area contributed by atoms with E-state index in [0.717, 1.165) is 6.07 Å². The maximum Gasteiger partial charge on any atom is 0.325 e. The summed E-state index contributed by atoms with van der Waals surface area (Å²) in [6.07, 6.45) is 0. The molecule has 0 atom stereocenters. The first-order valence-electron chi connectivity index (χ1n) is 4.52. The molecule has 0 spiro atoms. The Morgan fingerprint density at radius 2 is 2.19 bits per heavy atom. The molecule has 0 radical (unpaired) electrons. The van der Waals surface area contributed by atoms with Gasteiger partial charge in [0.25, 0.3) is 5.91 Å². The Balaban J connectivity index is 2.70. The standard InChI is InChI=1S/C10H11FN2O3/c1-6-7(3-4-8(11)13-6)10(15)12-5-9(14)16-2/h3-4H,5H2,1-2H3,(H,12,15). The first kappa shape index (κ1) is 12.1. The van der Waals surface area contributed by atoms with Crippen molar-refractivity contribution in [2.45, 2.75) is 6.92 Å². The summed E-state index contributed by atoms with van der Waals surface area (Å²) in [6.45, 7) is 1.28. The molecule has 0 aliphatic rings. The molecular weight excluding hydrogens is 215 g/mol. The molecule has 0 bridgehead atoms. The quantitative estimate of drug-likeness (QED) is 0.599. The molecule has 86 valence electrons. The van der Waals surface area contributed by atoms with E-state index in [0.29, 0.717) is 0 Å². The van der Waals surface area contributed by atoms with Gasteiger partial charge in [-0.05, 0) is 19.1 Å². The van der Waals surface area contributed by atoms with Gasteiger partial charge in [-0.2, -0.15) is 4.39 Å². The number of methoxy groups -OCH3 is 1. The van der Waals surface area contributed by atoms with E-state index in [1.165, 1.54) is 20.1 Å². The van der Waals surface area contributed by atoms with Gasteiger partial charge >= 0.3 is 5.97 Å². The average molecular weight is 226 g/mol. The van der Waals surface area contributed by atoms with Crippen LogP contribution >= 0.6 is 0 Å². The van der Waals surface area contributed by atoms with Crippen LogP contribution in [-0.4, -0.2) is 30.5 Å². The number of hydrogen-bond donors (Lipinski definition) is 1. The molecule has 0 aliphatic heterocycles. The Kier molecular flexibility index (Phi) is 3.93. The summed E-state index contributed by atoms with van der Waals surface area (Å²) in [6, 6.07) is 2.39. The predicted molar refractivity (Wildman–Crippen MR) is 53.3 cm³/mol. The fourth-order valence-electron chi connectivity index (χ4n) is 1.09. The lowest BCUT2D eigenvalue weighted by Gasteiger charge is -2.05. The van der Waals surface area contributed by atoms with Crippen LogP contribution in [0.3, 0.4) is 0 Å². The van der Waals surface area contributed by atoms with Gasteiger partial charge in [0.15, 0.2) is 0 Å². The number of esters is 1. The number of halogens is 1. The second kappa shape index (κ2) is 5.20. The number of nitrogens with one attached hydrogen (secondary N) is 1. The highest BCUT2D eigenvalue weighted by Gasteiger charge is 2.11. The molecule has 1 aromatic heterocycles. The van der Waals surface area contributed by atoms with E-state index >= 15 is 0 Å². The third-order valence-corrected chi connectivity index (χ3v) is 1.92. The van der Waals surface area contributed by atoms with E-state index < -0.39 is 17.8 Å². The molecule has 1 amide bonds. The third-order valence-electron chi connectivity index (χ3n) is 1.92. The van der Waals surface area contributed by atoms with Crippen LogP contribution in [0.1, 0.15) is 16.1 Å². The molecule has 0 saturated heterocycles.